The molecule has 0 saturated carbocycles. The molecule has 5 rings (SSSR count). The summed E-state index contributed by atoms with van der Waals surface area (Å²) >= 11 is 0. The van der Waals surface area contributed by atoms with E-state index in [2.05, 4.69) is 108 Å². The molecule has 2 aliphatic heterocycles. The van der Waals surface area contributed by atoms with E-state index in [1.165, 1.54) is 30.1 Å². The van der Waals surface area contributed by atoms with Crippen LogP contribution in [0.2, 0.25) is 0 Å². The van der Waals surface area contributed by atoms with Crippen LogP contribution in [0.1, 0.15) is 68.4 Å². The lowest BCUT2D eigenvalue weighted by atomic mass is 9.69. The van der Waals surface area contributed by atoms with Gasteiger partial charge in [0.15, 0.2) is 0 Å². The zero-order valence-electron chi connectivity index (χ0n) is 21.7. The Balaban J connectivity index is 1.70. The van der Waals surface area contributed by atoms with E-state index in [9.17, 15) is 0 Å². The first-order chi connectivity index (χ1) is 16.3. The molecule has 178 valence electrons. The Hall–Kier alpha value is -1.65. The molecule has 4 atom stereocenters. The molecule has 2 bridgehead atoms. The van der Waals surface area contributed by atoms with Gasteiger partial charge in [0.2, 0.25) is 0 Å². The quantitative estimate of drug-likeness (QED) is 0.258. The Morgan fingerprint density at radius 1 is 0.912 bits per heavy atom. The molecule has 0 aliphatic carbocycles. The number of benzene rings is 2. The van der Waals surface area contributed by atoms with Gasteiger partial charge in [-0.2, -0.15) is 0 Å². The van der Waals surface area contributed by atoms with Crippen molar-refractivity contribution in [2.24, 2.45) is 5.41 Å². The third-order valence-electron chi connectivity index (χ3n) is 8.35. The minimum absolute atomic E-state index is 0.222. The van der Waals surface area contributed by atoms with Crippen LogP contribution in [0.3, 0.4) is 0 Å². The molecule has 3 heterocycles. The first-order valence-corrected chi connectivity index (χ1v) is 16.5. The molecule has 0 radical (unpaired) electrons. The molecule has 0 spiro atoms. The van der Waals surface area contributed by atoms with Gasteiger partial charge in [0.1, 0.15) is 0 Å². The van der Waals surface area contributed by atoms with Gasteiger partial charge in [-0.3, -0.25) is 0 Å². The fourth-order valence-corrected chi connectivity index (χ4v) is 17.7. The van der Waals surface area contributed by atoms with Crippen LogP contribution in [0, 0.1) is 19.3 Å². The molecule has 2 aliphatic rings. The maximum Gasteiger partial charge on any atom is 0.00902 e. The fourth-order valence-electron chi connectivity index (χ4n) is 6.33. The summed E-state index contributed by atoms with van der Waals surface area (Å²) in [4.78, 5) is 0. The van der Waals surface area contributed by atoms with Crippen LogP contribution < -0.4 is 5.32 Å². The Labute approximate surface area is 208 Å². The molecule has 3 unspecified atom stereocenters. The SMILES string of the molecule is CC1=C(c2ccccc2)P2C[C@@]1(C)C(CCCNC(C)C)c1c(C)c(C)c(-c3ccccc3)p12. The van der Waals surface area contributed by atoms with Crippen LogP contribution in [-0.2, 0) is 0 Å². The van der Waals surface area contributed by atoms with E-state index in [1.807, 2.05) is 5.30 Å². The second-order valence-corrected chi connectivity index (χ2v) is 16.5. The average Bonchev–Trinajstić information content (AvgIpc) is 3.23. The highest BCUT2D eigenvalue weighted by atomic mass is 32.1. The Kier molecular flexibility index (Phi) is 6.67. The third kappa shape index (κ3) is 3.86. The molecule has 1 aromatic heterocycles. The van der Waals surface area contributed by atoms with Crippen LogP contribution in [0.4, 0.5) is 0 Å². The number of allylic oxidation sites excluding steroid dienone is 1. The van der Waals surface area contributed by atoms with Crippen molar-refractivity contribution < 1.29 is 0 Å². The summed E-state index contributed by atoms with van der Waals surface area (Å²) in [6.07, 6.45) is 3.91. The summed E-state index contributed by atoms with van der Waals surface area (Å²) in [5, 5.41) is 8.93. The minimum Gasteiger partial charge on any atom is -0.315 e. The average molecular weight is 488 g/mol. The van der Waals surface area contributed by atoms with Crippen LogP contribution in [0.25, 0.3) is 16.2 Å². The van der Waals surface area contributed by atoms with Crippen molar-refractivity contribution in [2.75, 3.05) is 12.7 Å². The zero-order chi connectivity index (χ0) is 24.0. The number of hydrogen-bond acceptors (Lipinski definition) is 1. The van der Waals surface area contributed by atoms with Crippen LogP contribution in [0.5, 0.6) is 0 Å². The van der Waals surface area contributed by atoms with Gasteiger partial charge in [0.05, 0.1) is 0 Å². The van der Waals surface area contributed by atoms with Crippen molar-refractivity contribution in [1.82, 2.24) is 5.32 Å². The van der Waals surface area contributed by atoms with Gasteiger partial charge in [-0.15, -0.1) is 0 Å². The summed E-state index contributed by atoms with van der Waals surface area (Å²) in [7, 11) is -0.530. The highest BCUT2D eigenvalue weighted by Gasteiger charge is 2.53. The predicted octanol–water partition coefficient (Wildman–Crippen LogP) is 9.53. The number of rotatable bonds is 7. The molecule has 2 aromatic carbocycles. The van der Waals surface area contributed by atoms with Gasteiger partial charge in [-0.25, -0.2) is 0 Å². The predicted molar refractivity (Wildman–Crippen MR) is 154 cm³/mol. The van der Waals surface area contributed by atoms with E-state index in [4.69, 9.17) is 0 Å². The molecule has 3 heteroatoms. The Morgan fingerprint density at radius 2 is 1.53 bits per heavy atom. The van der Waals surface area contributed by atoms with E-state index >= 15 is 0 Å². The van der Waals surface area contributed by atoms with Gasteiger partial charge in [-0.1, -0.05) is 94.2 Å². The zero-order valence-corrected chi connectivity index (χ0v) is 23.4. The van der Waals surface area contributed by atoms with Gasteiger partial charge in [0.25, 0.3) is 0 Å². The Bertz CT molecular complexity index is 1210. The van der Waals surface area contributed by atoms with Crippen LogP contribution >= 0.6 is 14.8 Å². The first kappa shape index (κ1) is 24.1. The van der Waals surface area contributed by atoms with Crippen molar-refractivity contribution in [2.45, 2.75) is 66.3 Å². The minimum atomic E-state index is -0.308. The topological polar surface area (TPSA) is 12.0 Å². The fraction of sp³-hybridized carbons (Fsp3) is 0.419. The molecule has 1 nitrogen and oxygen atoms in total. The summed E-state index contributed by atoms with van der Waals surface area (Å²) in [5.41, 5.74) is 8.11. The van der Waals surface area contributed by atoms with Gasteiger partial charge in [-0.05, 0) is 92.7 Å². The highest BCUT2D eigenvalue weighted by molar-refractivity contribution is 8.32. The summed E-state index contributed by atoms with van der Waals surface area (Å²) in [6, 6.07) is 23.2. The second kappa shape index (κ2) is 9.43. The Morgan fingerprint density at radius 3 is 2.15 bits per heavy atom. The first-order valence-electron chi connectivity index (χ1n) is 12.9. The number of nitrogens with one attached hydrogen (secondary N) is 1. The van der Waals surface area contributed by atoms with Gasteiger partial charge in [0, 0.05) is 16.8 Å². The number of hydrogen-bond donors (Lipinski definition) is 1. The second-order valence-electron chi connectivity index (χ2n) is 10.8. The van der Waals surface area contributed by atoms with Crippen molar-refractivity contribution in [3.63, 3.8) is 0 Å². The molecule has 34 heavy (non-hydrogen) atoms. The summed E-state index contributed by atoms with van der Waals surface area (Å²) in [5.74, 6) is 0.656. The molecule has 0 amide bonds. The van der Waals surface area contributed by atoms with Gasteiger partial charge < -0.3 is 5.32 Å². The molecular formula is C31H39NP2. The van der Waals surface area contributed by atoms with Crippen molar-refractivity contribution in [1.29, 1.82) is 0 Å². The molecule has 1 N–H and O–H groups in total. The largest absolute Gasteiger partial charge is 0.315 e. The lowest BCUT2D eigenvalue weighted by Gasteiger charge is -2.42. The van der Waals surface area contributed by atoms with Gasteiger partial charge >= 0.3 is 0 Å². The van der Waals surface area contributed by atoms with Crippen molar-refractivity contribution >= 4 is 20.1 Å². The molecule has 0 saturated heterocycles. The summed E-state index contributed by atoms with van der Waals surface area (Å²) < 4.78 is 0. The van der Waals surface area contributed by atoms with E-state index in [-0.39, 0.29) is 20.2 Å². The molecule has 3 aromatic rings. The standard InChI is InChI=1S/C31H39NP2/c1-21(2)32-19-13-18-27-29-23(4)22(3)28(25-14-9-7-10-15-25)34(29)33-20-31(27,6)24(5)30(33)26-16-11-8-12-17-26/h7-12,14-17,21,27,32H,13,18-20H2,1-6H3/t27?,31-,33?,34?/m1/s1. The van der Waals surface area contributed by atoms with E-state index in [0.717, 1.165) is 6.54 Å². The molecular weight excluding hydrogens is 448 g/mol. The molecule has 0 fully saturated rings. The monoisotopic (exact) mass is 487 g/mol. The smallest absolute Gasteiger partial charge is 0.00902 e. The van der Waals surface area contributed by atoms with E-state index in [0.29, 0.717) is 12.0 Å². The number of fused-ring (bicyclic) bond motifs is 4. The maximum absolute atomic E-state index is 3.67. The van der Waals surface area contributed by atoms with Crippen molar-refractivity contribution in [3.05, 3.63) is 88.2 Å². The van der Waals surface area contributed by atoms with Crippen LogP contribution in [-0.4, -0.2) is 18.7 Å². The third-order valence-corrected chi connectivity index (χ3v) is 16.7. The van der Waals surface area contributed by atoms with Crippen molar-refractivity contribution in [3.8, 4) is 10.9 Å². The van der Waals surface area contributed by atoms with E-state index < -0.39 is 0 Å². The summed E-state index contributed by atoms with van der Waals surface area (Å²) in [6.45, 7) is 15.6. The normalized spacial score (nSPS) is 24.1. The lowest BCUT2D eigenvalue weighted by molar-refractivity contribution is 0.335. The highest BCUT2D eigenvalue weighted by Crippen LogP contribution is 2.88. The van der Waals surface area contributed by atoms with Crippen LogP contribution in [0.15, 0.2) is 66.2 Å². The van der Waals surface area contributed by atoms with E-state index in [1.54, 1.807) is 27.3 Å². The maximum atomic E-state index is 3.67. The lowest BCUT2D eigenvalue weighted by Crippen LogP contribution is -2.30.